The Morgan fingerprint density at radius 3 is 2.50 bits per heavy atom. The third kappa shape index (κ3) is 5.24. The summed E-state index contributed by atoms with van der Waals surface area (Å²) in [4.78, 5) is 19.2. The van der Waals surface area contributed by atoms with Crippen molar-refractivity contribution in [2.45, 2.75) is 38.0 Å². The molecule has 3 aromatic rings. The molecule has 1 aliphatic carbocycles. The lowest BCUT2D eigenvalue weighted by Crippen LogP contribution is -2.52. The van der Waals surface area contributed by atoms with Gasteiger partial charge in [-0.2, -0.15) is 10.4 Å². The summed E-state index contributed by atoms with van der Waals surface area (Å²) < 4.78 is 62.6. The van der Waals surface area contributed by atoms with E-state index in [1.165, 1.54) is 36.1 Å². The maximum Gasteiger partial charge on any atom is 0.248 e. The zero-order valence-corrected chi connectivity index (χ0v) is 24.2. The van der Waals surface area contributed by atoms with Crippen LogP contribution in [0.1, 0.15) is 37.8 Å². The number of pyridine rings is 1. The summed E-state index contributed by atoms with van der Waals surface area (Å²) in [7, 11) is -0.611. The second-order valence-corrected chi connectivity index (χ2v) is 13.7. The quantitative estimate of drug-likeness (QED) is 0.443. The first-order valence-corrected chi connectivity index (χ1v) is 15.5. The number of halogens is 3. The van der Waals surface area contributed by atoms with Gasteiger partial charge in [-0.1, -0.05) is 12.1 Å². The number of anilines is 1. The van der Waals surface area contributed by atoms with Crippen molar-refractivity contribution in [1.82, 2.24) is 14.8 Å². The summed E-state index contributed by atoms with van der Waals surface area (Å²) in [6.45, 7) is 2.65. The number of nitrogens with zero attached hydrogens (tertiary/aromatic N) is 6. The minimum Gasteiger partial charge on any atom is -0.370 e. The molecular formula is C29H32F3N7O2S. The highest BCUT2D eigenvalue weighted by Crippen LogP contribution is 2.57. The molecule has 3 atom stereocenters. The number of nitriles is 1. The number of hydrogen-bond donors (Lipinski definition) is 1. The fraction of sp³-hybridized carbons (Fsp3) is 0.448. The van der Waals surface area contributed by atoms with Gasteiger partial charge in [0.2, 0.25) is 11.8 Å². The second-order valence-electron chi connectivity index (χ2n) is 10.9. The zero-order chi connectivity index (χ0) is 30.3. The third-order valence-corrected chi connectivity index (χ3v) is 11.0. The standard InChI is InChI=1S/C29H32F3N7O2S/c1-19(17-33)29(27(34)40)10-9-28(31,32)16-23(29)25-22(18-39(37-25)26-24(30)4-3-11-36-26)20-5-7-21(8-6-20)38-12-14-42(41,35-2)15-13-38/h3-8,11,18-19,23H,9-10,12-16H2,1-2H3,(H2,34,40)/t19-,23?,29?/m1/s1. The summed E-state index contributed by atoms with van der Waals surface area (Å²) in [5.74, 6) is -6.07. The Hall–Kier alpha value is -3.92. The Labute approximate surface area is 242 Å². The molecule has 2 aromatic heterocycles. The van der Waals surface area contributed by atoms with E-state index < -0.39 is 57.5 Å². The Kier molecular flexibility index (Phi) is 7.78. The summed E-state index contributed by atoms with van der Waals surface area (Å²) in [6.07, 6.45) is 1.26. The number of carbonyl (C=O) groups excluding carboxylic acids is 1. The Morgan fingerprint density at radius 1 is 1.21 bits per heavy atom. The lowest BCUT2D eigenvalue weighted by atomic mass is 9.57. The van der Waals surface area contributed by atoms with E-state index in [0.717, 1.165) is 5.69 Å². The highest BCUT2D eigenvalue weighted by molar-refractivity contribution is 7.93. The first kappa shape index (κ1) is 29.6. The van der Waals surface area contributed by atoms with Crippen molar-refractivity contribution in [3.63, 3.8) is 0 Å². The minimum atomic E-state index is -3.13. The highest BCUT2D eigenvalue weighted by Gasteiger charge is 2.58. The maximum absolute atomic E-state index is 15.0. The van der Waals surface area contributed by atoms with Gasteiger partial charge >= 0.3 is 0 Å². The molecule has 2 fully saturated rings. The Bertz CT molecular complexity index is 1650. The first-order chi connectivity index (χ1) is 19.9. The average molecular weight is 600 g/mol. The number of aromatic nitrogens is 3. The SMILES string of the molecule is CN=S1(=O)CCN(c2ccc(-c3cn(-c4ncccc4F)nc3C3CC(F)(F)CCC3(C(N)=O)[C@H](C)C#N)cc2)CC1. The molecule has 0 radical (unpaired) electrons. The van der Waals surface area contributed by atoms with Crippen LogP contribution in [-0.2, 0) is 14.5 Å². The second kappa shape index (κ2) is 11.1. The fourth-order valence-corrected chi connectivity index (χ4v) is 7.74. The van der Waals surface area contributed by atoms with Gasteiger partial charge in [0.15, 0.2) is 11.6 Å². The van der Waals surface area contributed by atoms with E-state index in [4.69, 9.17) is 5.73 Å². The summed E-state index contributed by atoms with van der Waals surface area (Å²) in [5, 5.41) is 14.4. The molecule has 1 aromatic carbocycles. The van der Waals surface area contributed by atoms with Crippen LogP contribution in [0.2, 0.25) is 0 Å². The van der Waals surface area contributed by atoms with Crippen molar-refractivity contribution in [3.8, 4) is 23.0 Å². The number of primary amides is 1. The number of hydrogen-bond acceptors (Lipinski definition) is 7. The fourth-order valence-electron chi connectivity index (χ4n) is 6.16. The third-order valence-electron chi connectivity index (χ3n) is 8.72. The lowest BCUT2D eigenvalue weighted by Gasteiger charge is -2.45. The number of nitrogens with two attached hydrogens (primary N) is 1. The monoisotopic (exact) mass is 599 g/mol. The molecule has 0 bridgehead atoms. The van der Waals surface area contributed by atoms with Crippen LogP contribution in [0.3, 0.4) is 0 Å². The van der Waals surface area contributed by atoms with Crippen molar-refractivity contribution in [2.75, 3.05) is 36.5 Å². The van der Waals surface area contributed by atoms with E-state index in [-0.39, 0.29) is 17.9 Å². The van der Waals surface area contributed by atoms with E-state index >= 15 is 8.78 Å². The maximum atomic E-state index is 15.0. The molecule has 222 valence electrons. The molecule has 1 aliphatic heterocycles. The van der Waals surface area contributed by atoms with Crippen LogP contribution in [0.5, 0.6) is 0 Å². The topological polar surface area (TPSA) is 130 Å². The molecule has 2 unspecified atom stereocenters. The van der Waals surface area contributed by atoms with Gasteiger partial charge in [-0.05, 0) is 43.2 Å². The van der Waals surface area contributed by atoms with Crippen molar-refractivity contribution in [1.29, 1.82) is 5.26 Å². The summed E-state index contributed by atoms with van der Waals surface area (Å²) in [6, 6.07) is 12.0. The molecule has 2 aliphatic rings. The molecule has 5 rings (SSSR count). The molecule has 13 heteroatoms. The van der Waals surface area contributed by atoms with Crippen molar-refractivity contribution in [3.05, 3.63) is 60.3 Å². The van der Waals surface area contributed by atoms with Gasteiger partial charge in [0, 0.05) is 83.8 Å². The molecule has 2 N–H and O–H groups in total. The Balaban J connectivity index is 1.63. The Morgan fingerprint density at radius 2 is 1.90 bits per heavy atom. The van der Waals surface area contributed by atoms with Crippen LogP contribution in [0.25, 0.3) is 16.9 Å². The highest BCUT2D eigenvalue weighted by atomic mass is 32.2. The van der Waals surface area contributed by atoms with Gasteiger partial charge < -0.3 is 10.6 Å². The first-order valence-electron chi connectivity index (χ1n) is 13.7. The van der Waals surface area contributed by atoms with Crippen molar-refractivity contribution in [2.24, 2.45) is 21.4 Å². The van der Waals surface area contributed by atoms with Gasteiger partial charge in [-0.3, -0.25) is 4.79 Å². The van der Waals surface area contributed by atoms with E-state index in [1.54, 1.807) is 19.2 Å². The van der Waals surface area contributed by atoms with Gasteiger partial charge in [-0.15, -0.1) is 0 Å². The largest absolute Gasteiger partial charge is 0.370 e. The molecular weight excluding hydrogens is 567 g/mol. The molecule has 1 saturated carbocycles. The number of benzene rings is 1. The molecule has 1 amide bonds. The minimum absolute atomic E-state index is 0.121. The number of amides is 1. The van der Waals surface area contributed by atoms with Crippen molar-refractivity contribution < 1.29 is 22.2 Å². The number of carbonyl (C=O) groups is 1. The number of rotatable bonds is 6. The van der Waals surface area contributed by atoms with Crippen LogP contribution in [0.4, 0.5) is 18.9 Å². The van der Waals surface area contributed by atoms with E-state index in [0.29, 0.717) is 35.7 Å². The van der Waals surface area contributed by atoms with E-state index in [2.05, 4.69) is 25.4 Å². The molecule has 3 heterocycles. The van der Waals surface area contributed by atoms with Crippen LogP contribution >= 0.6 is 0 Å². The van der Waals surface area contributed by atoms with Crippen molar-refractivity contribution >= 4 is 21.3 Å². The van der Waals surface area contributed by atoms with E-state index in [1.807, 2.05) is 12.1 Å². The van der Waals surface area contributed by atoms with Gasteiger partial charge in [0.1, 0.15) is 0 Å². The zero-order valence-electron chi connectivity index (χ0n) is 23.3. The normalized spacial score (nSPS) is 24.0. The summed E-state index contributed by atoms with van der Waals surface area (Å²) in [5.41, 5.74) is 6.27. The molecule has 42 heavy (non-hydrogen) atoms. The van der Waals surface area contributed by atoms with E-state index in [9.17, 15) is 18.7 Å². The average Bonchev–Trinajstić information content (AvgIpc) is 3.42. The van der Waals surface area contributed by atoms with Gasteiger partial charge in [0.25, 0.3) is 0 Å². The predicted octanol–water partition coefficient (Wildman–Crippen LogP) is 4.53. The number of alkyl halides is 2. The molecule has 1 saturated heterocycles. The van der Waals surface area contributed by atoms with Gasteiger partial charge in [0.05, 0.1) is 23.1 Å². The predicted molar refractivity (Wildman–Crippen MR) is 153 cm³/mol. The molecule has 0 spiro atoms. The van der Waals surface area contributed by atoms with Crippen LogP contribution in [0.15, 0.2) is 53.2 Å². The van der Waals surface area contributed by atoms with Crippen LogP contribution < -0.4 is 10.6 Å². The van der Waals surface area contributed by atoms with Crippen LogP contribution in [-0.4, -0.2) is 62.4 Å². The summed E-state index contributed by atoms with van der Waals surface area (Å²) >= 11 is 0. The molecule has 9 nitrogen and oxygen atoms in total. The smallest absolute Gasteiger partial charge is 0.248 e. The van der Waals surface area contributed by atoms with Gasteiger partial charge in [-0.25, -0.2) is 31.4 Å². The lowest BCUT2D eigenvalue weighted by molar-refractivity contribution is -0.142. The van der Waals surface area contributed by atoms with Crippen LogP contribution in [0, 0.1) is 28.5 Å².